The van der Waals surface area contributed by atoms with E-state index in [1.807, 2.05) is 12.1 Å². The van der Waals surface area contributed by atoms with Crippen molar-refractivity contribution >= 4 is 33.8 Å². The van der Waals surface area contributed by atoms with Crippen molar-refractivity contribution in [2.45, 2.75) is 44.7 Å². The minimum Gasteiger partial charge on any atom is -0.497 e. The minimum absolute atomic E-state index is 0.0983. The van der Waals surface area contributed by atoms with Crippen molar-refractivity contribution in [1.29, 1.82) is 0 Å². The first-order chi connectivity index (χ1) is 16.0. The van der Waals surface area contributed by atoms with Crippen LogP contribution in [0.15, 0.2) is 41.2 Å². The second kappa shape index (κ2) is 11.1. The average molecular weight is 491 g/mol. The van der Waals surface area contributed by atoms with Crippen LogP contribution in [0.25, 0.3) is 10.9 Å². The Hall–Kier alpha value is -1.73. The number of aryl methyl sites for hydroxylation is 1. The normalized spacial score (nSPS) is 17.3. The first kappa shape index (κ1) is 24.4. The van der Waals surface area contributed by atoms with Gasteiger partial charge in [0.2, 0.25) is 0 Å². The van der Waals surface area contributed by atoms with Crippen LogP contribution < -0.4 is 4.74 Å². The molecular formula is C26H32ClFN2O2S. The number of aliphatic hydroxyl groups is 1. The first-order valence-electron chi connectivity index (χ1n) is 11.6. The van der Waals surface area contributed by atoms with Gasteiger partial charge in [-0.3, -0.25) is 4.98 Å². The summed E-state index contributed by atoms with van der Waals surface area (Å²) in [7, 11) is 1.59. The lowest BCUT2D eigenvalue weighted by Gasteiger charge is -2.41. The van der Waals surface area contributed by atoms with Crippen molar-refractivity contribution < 1.29 is 14.2 Å². The second-order valence-electron chi connectivity index (χ2n) is 9.14. The highest BCUT2D eigenvalue weighted by atomic mass is 35.5. The summed E-state index contributed by atoms with van der Waals surface area (Å²) in [5.41, 5.74) is 2.36. The third-order valence-corrected chi connectivity index (χ3v) is 8.11. The standard InChI is InChI=1S/C26H32ClFN2O2S/c1-32-20-4-5-24-21(15-20)25(22(27)16-29-24)23(28)6-8-26(18-31)9-12-30(13-10-26)11-2-3-19-7-14-33-17-19/h4-5,7,14-17,23,31H,2-3,6,8-13,18H2,1H3. The zero-order valence-electron chi connectivity index (χ0n) is 19.1. The maximum atomic E-state index is 15.6. The van der Waals surface area contributed by atoms with Crippen LogP contribution >= 0.6 is 22.9 Å². The molecule has 0 aliphatic carbocycles. The molecule has 0 spiro atoms. The summed E-state index contributed by atoms with van der Waals surface area (Å²) in [6.45, 7) is 3.08. The molecule has 178 valence electrons. The fourth-order valence-electron chi connectivity index (χ4n) is 4.87. The molecule has 1 N–H and O–H groups in total. The van der Waals surface area contributed by atoms with Gasteiger partial charge in [-0.25, -0.2) is 4.39 Å². The van der Waals surface area contributed by atoms with E-state index in [0.29, 0.717) is 40.1 Å². The predicted octanol–water partition coefficient (Wildman–Crippen LogP) is 6.46. The van der Waals surface area contributed by atoms with Crippen LogP contribution in [0.5, 0.6) is 5.75 Å². The van der Waals surface area contributed by atoms with Gasteiger partial charge in [0.25, 0.3) is 0 Å². The van der Waals surface area contributed by atoms with Gasteiger partial charge in [-0.2, -0.15) is 11.3 Å². The molecule has 33 heavy (non-hydrogen) atoms. The van der Waals surface area contributed by atoms with Crippen molar-refractivity contribution in [3.63, 3.8) is 0 Å². The van der Waals surface area contributed by atoms with Gasteiger partial charge in [-0.05, 0) is 104 Å². The van der Waals surface area contributed by atoms with E-state index in [9.17, 15) is 5.11 Å². The molecule has 3 aromatic rings. The van der Waals surface area contributed by atoms with E-state index in [0.717, 1.165) is 45.3 Å². The molecular weight excluding hydrogens is 459 g/mol. The monoisotopic (exact) mass is 490 g/mol. The number of hydrogen-bond donors (Lipinski definition) is 1. The summed E-state index contributed by atoms with van der Waals surface area (Å²) in [6, 6.07) is 7.63. The highest BCUT2D eigenvalue weighted by molar-refractivity contribution is 7.07. The van der Waals surface area contributed by atoms with Crippen molar-refractivity contribution in [3.8, 4) is 5.75 Å². The smallest absolute Gasteiger partial charge is 0.127 e. The molecule has 0 bridgehead atoms. The van der Waals surface area contributed by atoms with Crippen molar-refractivity contribution in [1.82, 2.24) is 9.88 Å². The zero-order chi connectivity index (χ0) is 23.3. The van der Waals surface area contributed by atoms with E-state index in [1.165, 1.54) is 11.8 Å². The molecule has 7 heteroatoms. The van der Waals surface area contributed by atoms with E-state index in [-0.39, 0.29) is 12.0 Å². The highest BCUT2D eigenvalue weighted by Crippen LogP contribution is 2.41. The SMILES string of the molecule is COc1ccc2ncc(Cl)c(C(F)CCC3(CO)CCN(CCCc4ccsc4)CC3)c2c1. The number of benzene rings is 1. The number of halogens is 2. The summed E-state index contributed by atoms with van der Waals surface area (Å²) in [5, 5.41) is 15.6. The van der Waals surface area contributed by atoms with Crippen LogP contribution in [0.2, 0.25) is 5.02 Å². The van der Waals surface area contributed by atoms with E-state index >= 15 is 4.39 Å². The zero-order valence-corrected chi connectivity index (χ0v) is 20.7. The summed E-state index contributed by atoms with van der Waals surface area (Å²) in [5.74, 6) is 0.651. The molecule has 0 amide bonds. The molecule has 1 fully saturated rings. The lowest BCUT2D eigenvalue weighted by atomic mass is 9.74. The van der Waals surface area contributed by atoms with Gasteiger partial charge >= 0.3 is 0 Å². The molecule has 1 aliphatic rings. The molecule has 1 saturated heterocycles. The summed E-state index contributed by atoms with van der Waals surface area (Å²) >= 11 is 8.14. The minimum atomic E-state index is -1.22. The lowest BCUT2D eigenvalue weighted by Crippen LogP contribution is -2.42. The molecule has 1 atom stereocenters. The summed E-state index contributed by atoms with van der Waals surface area (Å²) < 4.78 is 20.9. The molecule has 0 radical (unpaired) electrons. The predicted molar refractivity (Wildman–Crippen MR) is 134 cm³/mol. The fourth-order valence-corrected chi connectivity index (χ4v) is 5.84. The van der Waals surface area contributed by atoms with Gasteiger partial charge in [0.15, 0.2) is 0 Å². The Kier molecular flexibility index (Phi) is 8.23. The van der Waals surface area contributed by atoms with Crippen LogP contribution in [0.1, 0.15) is 49.4 Å². The quantitative estimate of drug-likeness (QED) is 0.354. The van der Waals surface area contributed by atoms with E-state index < -0.39 is 6.17 Å². The Morgan fingerprint density at radius 3 is 2.82 bits per heavy atom. The molecule has 4 rings (SSSR count). The molecule has 1 aliphatic heterocycles. The lowest BCUT2D eigenvalue weighted by molar-refractivity contribution is 0.0300. The van der Waals surface area contributed by atoms with Crippen LogP contribution in [-0.4, -0.2) is 48.3 Å². The molecule has 1 unspecified atom stereocenters. The van der Waals surface area contributed by atoms with Gasteiger partial charge in [-0.15, -0.1) is 0 Å². The van der Waals surface area contributed by atoms with Gasteiger partial charge in [0, 0.05) is 23.8 Å². The van der Waals surface area contributed by atoms with E-state index in [1.54, 1.807) is 24.5 Å². The van der Waals surface area contributed by atoms with Gasteiger partial charge < -0.3 is 14.7 Å². The highest BCUT2D eigenvalue weighted by Gasteiger charge is 2.35. The number of rotatable bonds is 10. The maximum absolute atomic E-state index is 15.6. The van der Waals surface area contributed by atoms with Gasteiger partial charge in [-0.1, -0.05) is 11.6 Å². The number of aliphatic hydroxyl groups excluding tert-OH is 1. The van der Waals surface area contributed by atoms with E-state index in [2.05, 4.69) is 26.7 Å². The third-order valence-electron chi connectivity index (χ3n) is 7.08. The molecule has 4 nitrogen and oxygen atoms in total. The number of fused-ring (bicyclic) bond motifs is 1. The van der Waals surface area contributed by atoms with Crippen molar-refractivity contribution in [2.24, 2.45) is 5.41 Å². The topological polar surface area (TPSA) is 45.6 Å². The number of ether oxygens (including phenoxy) is 1. The number of methoxy groups -OCH3 is 1. The Morgan fingerprint density at radius 1 is 1.30 bits per heavy atom. The summed E-state index contributed by atoms with van der Waals surface area (Å²) in [6.07, 6.45) is 5.32. The Balaban J connectivity index is 1.35. The Labute approximate surface area is 204 Å². The molecule has 0 saturated carbocycles. The molecule has 2 aromatic heterocycles. The number of hydrogen-bond acceptors (Lipinski definition) is 5. The number of piperidine rings is 1. The maximum Gasteiger partial charge on any atom is 0.127 e. The number of pyridine rings is 1. The largest absolute Gasteiger partial charge is 0.497 e. The van der Waals surface area contributed by atoms with Gasteiger partial charge in [0.1, 0.15) is 11.9 Å². The number of nitrogens with zero attached hydrogens (tertiary/aromatic N) is 2. The number of thiophene rings is 1. The first-order valence-corrected chi connectivity index (χ1v) is 13.0. The van der Waals surface area contributed by atoms with E-state index in [4.69, 9.17) is 16.3 Å². The third kappa shape index (κ3) is 5.86. The number of likely N-dealkylation sites (tertiary alicyclic amines) is 1. The van der Waals surface area contributed by atoms with Crippen LogP contribution in [-0.2, 0) is 6.42 Å². The Morgan fingerprint density at radius 2 is 2.12 bits per heavy atom. The number of aromatic nitrogens is 1. The summed E-state index contributed by atoms with van der Waals surface area (Å²) in [4.78, 5) is 6.81. The number of alkyl halides is 1. The molecule has 1 aromatic carbocycles. The van der Waals surface area contributed by atoms with Crippen LogP contribution in [0.4, 0.5) is 4.39 Å². The Bertz CT molecular complexity index is 1040. The fraction of sp³-hybridized carbons (Fsp3) is 0.500. The van der Waals surface area contributed by atoms with Crippen LogP contribution in [0.3, 0.4) is 0 Å². The molecule has 3 heterocycles. The van der Waals surface area contributed by atoms with Crippen LogP contribution in [0, 0.1) is 5.41 Å². The average Bonchev–Trinajstić information content (AvgIpc) is 3.36. The second-order valence-corrected chi connectivity index (χ2v) is 10.3. The van der Waals surface area contributed by atoms with Crippen molar-refractivity contribution in [3.05, 3.63) is 57.4 Å². The van der Waals surface area contributed by atoms with Gasteiger partial charge in [0.05, 0.1) is 17.6 Å². The van der Waals surface area contributed by atoms with Crippen molar-refractivity contribution in [2.75, 3.05) is 33.4 Å².